The van der Waals surface area contributed by atoms with Gasteiger partial charge in [0.1, 0.15) is 11.4 Å². The Hall–Kier alpha value is -2.71. The predicted molar refractivity (Wildman–Crippen MR) is 114 cm³/mol. The van der Waals surface area contributed by atoms with Crippen LogP contribution >= 0.6 is 0 Å². The van der Waals surface area contributed by atoms with Crippen LogP contribution in [0.4, 0.5) is 5.82 Å². The van der Waals surface area contributed by atoms with Crippen LogP contribution in [0.5, 0.6) is 0 Å². The molecule has 2 unspecified atom stereocenters. The molecule has 2 aromatic rings. The first-order valence-corrected chi connectivity index (χ1v) is 11.4. The van der Waals surface area contributed by atoms with Gasteiger partial charge >= 0.3 is 0 Å². The summed E-state index contributed by atoms with van der Waals surface area (Å²) in [6.45, 7) is 5.71. The van der Waals surface area contributed by atoms with E-state index in [-0.39, 0.29) is 30.3 Å². The first-order valence-electron chi connectivity index (χ1n) is 11.4. The molecular weight excluding hydrogens is 396 g/mol. The Kier molecular flexibility index (Phi) is 6.11. The molecule has 9 nitrogen and oxygen atoms in total. The molecule has 1 fully saturated rings. The van der Waals surface area contributed by atoms with Gasteiger partial charge in [-0.25, -0.2) is 4.68 Å². The molecule has 1 saturated carbocycles. The van der Waals surface area contributed by atoms with Crippen molar-refractivity contribution in [1.82, 2.24) is 25.2 Å². The number of aromatic nitrogens is 4. The zero-order valence-corrected chi connectivity index (χ0v) is 18.6. The Morgan fingerprint density at radius 3 is 2.65 bits per heavy atom. The standard InChI is InChI=1S/C22H32N6O3/c1-15-14-16(2)28-19(10-13-23-28)27(15)20(30)9-8-18-24-21(26-31-18)22(25-17(3)29)11-6-4-5-7-12-22/h10,13,15-16H,4-9,11-12,14H2,1-3H3,(H,25,29). The number of hydrogen-bond acceptors (Lipinski definition) is 6. The summed E-state index contributed by atoms with van der Waals surface area (Å²) in [5.74, 6) is 1.74. The molecule has 0 radical (unpaired) electrons. The second-order valence-electron chi connectivity index (χ2n) is 9.02. The van der Waals surface area contributed by atoms with Crippen molar-refractivity contribution in [3.8, 4) is 0 Å². The van der Waals surface area contributed by atoms with Gasteiger partial charge in [0.2, 0.25) is 17.7 Å². The van der Waals surface area contributed by atoms with Crippen molar-refractivity contribution in [3.05, 3.63) is 24.0 Å². The molecule has 0 saturated heterocycles. The van der Waals surface area contributed by atoms with Crippen LogP contribution in [-0.4, -0.2) is 37.8 Å². The van der Waals surface area contributed by atoms with E-state index in [1.807, 2.05) is 15.6 Å². The summed E-state index contributed by atoms with van der Waals surface area (Å²) in [5, 5.41) is 11.7. The van der Waals surface area contributed by atoms with Crippen LogP contribution in [0.15, 0.2) is 16.8 Å². The molecule has 0 aromatic carbocycles. The Bertz CT molecular complexity index is 927. The highest BCUT2D eigenvalue weighted by molar-refractivity contribution is 5.93. The Morgan fingerprint density at radius 1 is 1.19 bits per heavy atom. The van der Waals surface area contributed by atoms with Gasteiger partial charge in [0, 0.05) is 31.9 Å². The number of nitrogens with zero attached hydrogens (tertiary/aromatic N) is 5. The van der Waals surface area contributed by atoms with Crippen LogP contribution in [-0.2, 0) is 21.5 Å². The third-order valence-electron chi connectivity index (χ3n) is 6.53. The van der Waals surface area contributed by atoms with E-state index in [4.69, 9.17) is 4.52 Å². The number of hydrogen-bond donors (Lipinski definition) is 1. The van der Waals surface area contributed by atoms with Crippen LogP contribution in [0.25, 0.3) is 0 Å². The summed E-state index contributed by atoms with van der Waals surface area (Å²) in [4.78, 5) is 31.4. The van der Waals surface area contributed by atoms with Gasteiger partial charge in [0.25, 0.3) is 0 Å². The predicted octanol–water partition coefficient (Wildman–Crippen LogP) is 3.27. The summed E-state index contributed by atoms with van der Waals surface area (Å²) in [5.41, 5.74) is -0.571. The quantitative estimate of drug-likeness (QED) is 0.733. The normalized spacial score (nSPS) is 23.1. The van der Waals surface area contributed by atoms with Crippen molar-refractivity contribution >= 4 is 17.6 Å². The molecule has 1 N–H and O–H groups in total. The minimum Gasteiger partial charge on any atom is -0.343 e. The smallest absolute Gasteiger partial charge is 0.228 e. The average molecular weight is 429 g/mol. The van der Waals surface area contributed by atoms with Crippen LogP contribution < -0.4 is 10.2 Å². The SMILES string of the molecule is CC(=O)NC1(c2noc(CCC(=O)N3c4ccnn4C(C)CC3C)n2)CCCCCC1. The van der Waals surface area contributed by atoms with Crippen LogP contribution in [0, 0.1) is 0 Å². The lowest BCUT2D eigenvalue weighted by Crippen LogP contribution is -2.45. The molecule has 4 rings (SSSR count). The van der Waals surface area contributed by atoms with Gasteiger partial charge in [-0.1, -0.05) is 30.8 Å². The summed E-state index contributed by atoms with van der Waals surface area (Å²) >= 11 is 0. The zero-order valence-electron chi connectivity index (χ0n) is 18.6. The van der Waals surface area contributed by atoms with Crippen molar-refractivity contribution in [2.45, 2.75) is 96.2 Å². The molecule has 168 valence electrons. The molecule has 2 aliphatic rings. The lowest BCUT2D eigenvalue weighted by Gasteiger charge is -2.37. The lowest BCUT2D eigenvalue weighted by molar-refractivity contribution is -0.121. The number of fused-ring (bicyclic) bond motifs is 1. The first-order chi connectivity index (χ1) is 14.9. The van der Waals surface area contributed by atoms with E-state index in [2.05, 4.69) is 34.4 Å². The molecule has 3 heterocycles. The minimum absolute atomic E-state index is 0.0203. The van der Waals surface area contributed by atoms with Crippen LogP contribution in [0.2, 0.25) is 0 Å². The van der Waals surface area contributed by atoms with Gasteiger partial charge in [-0.15, -0.1) is 0 Å². The average Bonchev–Trinajstić information content (AvgIpc) is 3.33. The third kappa shape index (κ3) is 4.36. The van der Waals surface area contributed by atoms with Gasteiger partial charge in [-0.2, -0.15) is 10.1 Å². The Morgan fingerprint density at radius 2 is 1.94 bits per heavy atom. The van der Waals surface area contributed by atoms with E-state index in [1.165, 1.54) is 6.92 Å². The van der Waals surface area contributed by atoms with Crippen molar-refractivity contribution in [2.24, 2.45) is 0 Å². The highest BCUT2D eigenvalue weighted by atomic mass is 16.5. The van der Waals surface area contributed by atoms with E-state index < -0.39 is 5.54 Å². The van der Waals surface area contributed by atoms with Crippen LogP contribution in [0.3, 0.4) is 0 Å². The maximum Gasteiger partial charge on any atom is 0.228 e. The molecular formula is C22H32N6O3. The highest BCUT2D eigenvalue weighted by Crippen LogP contribution is 2.35. The highest BCUT2D eigenvalue weighted by Gasteiger charge is 2.38. The molecule has 1 aliphatic heterocycles. The van der Waals surface area contributed by atoms with Crippen molar-refractivity contribution in [2.75, 3.05) is 4.90 Å². The largest absolute Gasteiger partial charge is 0.343 e. The molecule has 2 atom stereocenters. The van der Waals surface area contributed by atoms with Crippen molar-refractivity contribution in [3.63, 3.8) is 0 Å². The van der Waals surface area contributed by atoms with E-state index in [9.17, 15) is 9.59 Å². The number of rotatable bonds is 5. The zero-order chi connectivity index (χ0) is 22.0. The van der Waals surface area contributed by atoms with E-state index >= 15 is 0 Å². The number of anilines is 1. The van der Waals surface area contributed by atoms with Crippen molar-refractivity contribution in [1.29, 1.82) is 0 Å². The summed E-state index contributed by atoms with van der Waals surface area (Å²) < 4.78 is 7.41. The number of carbonyl (C=O) groups excluding carboxylic acids is 2. The number of carbonyl (C=O) groups is 2. The van der Waals surface area contributed by atoms with Gasteiger partial charge in [-0.05, 0) is 33.1 Å². The molecule has 1 aliphatic carbocycles. The van der Waals surface area contributed by atoms with Crippen molar-refractivity contribution < 1.29 is 14.1 Å². The molecule has 31 heavy (non-hydrogen) atoms. The fourth-order valence-electron chi connectivity index (χ4n) is 5.09. The third-order valence-corrected chi connectivity index (χ3v) is 6.53. The van der Waals surface area contributed by atoms with E-state index in [0.717, 1.165) is 50.8 Å². The number of nitrogens with one attached hydrogen (secondary N) is 1. The van der Waals surface area contributed by atoms with Crippen LogP contribution in [0.1, 0.15) is 89.9 Å². The van der Waals surface area contributed by atoms with E-state index in [1.54, 1.807) is 6.20 Å². The number of aryl methyl sites for hydroxylation is 1. The monoisotopic (exact) mass is 428 g/mol. The lowest BCUT2D eigenvalue weighted by atomic mass is 9.89. The molecule has 2 aromatic heterocycles. The Labute approximate surface area is 182 Å². The molecule has 0 spiro atoms. The molecule has 9 heteroatoms. The number of amides is 2. The topological polar surface area (TPSA) is 106 Å². The summed E-state index contributed by atoms with van der Waals surface area (Å²) in [7, 11) is 0. The fraction of sp³-hybridized carbons (Fsp3) is 0.682. The maximum absolute atomic E-state index is 13.0. The second-order valence-corrected chi connectivity index (χ2v) is 9.02. The Balaban J connectivity index is 1.46. The summed E-state index contributed by atoms with van der Waals surface area (Å²) in [6.07, 6.45) is 9.17. The van der Waals surface area contributed by atoms with Gasteiger partial charge in [0.15, 0.2) is 5.82 Å². The molecule has 0 bridgehead atoms. The van der Waals surface area contributed by atoms with Gasteiger partial charge in [-0.3, -0.25) is 14.5 Å². The second kappa shape index (κ2) is 8.80. The van der Waals surface area contributed by atoms with Gasteiger partial charge < -0.3 is 9.84 Å². The van der Waals surface area contributed by atoms with E-state index in [0.29, 0.717) is 18.1 Å². The minimum atomic E-state index is -0.571. The summed E-state index contributed by atoms with van der Waals surface area (Å²) in [6, 6.07) is 2.27. The maximum atomic E-state index is 13.0. The van der Waals surface area contributed by atoms with Gasteiger partial charge in [0.05, 0.1) is 12.2 Å². The fourth-order valence-corrected chi connectivity index (χ4v) is 5.09. The first kappa shape index (κ1) is 21.5. The molecule has 2 amide bonds.